The second-order valence-corrected chi connectivity index (χ2v) is 7.02. The monoisotopic (exact) mass is 368 g/mol. The molecule has 0 fully saturated rings. The van der Waals surface area contributed by atoms with E-state index in [2.05, 4.69) is 35.8 Å². The minimum absolute atomic E-state index is 0. The number of phosphoric acid groups is 1. The summed E-state index contributed by atoms with van der Waals surface area (Å²) in [7, 11) is -4.77. The molecular formula is C18H33MgO4P. The number of allylic oxidation sites excluding steroid dienone is 4. The quantitative estimate of drug-likeness (QED) is 0.176. The Hall–Kier alpha value is 0.356. The Morgan fingerprint density at radius 1 is 0.792 bits per heavy atom. The molecule has 0 aliphatic heterocycles. The Bertz CT molecular complexity index is 353. The second-order valence-electron chi connectivity index (χ2n) is 5.86. The van der Waals surface area contributed by atoms with Gasteiger partial charge in [-0.2, -0.15) is 0 Å². The second kappa shape index (κ2) is 19.7. The van der Waals surface area contributed by atoms with Crippen molar-refractivity contribution < 1.29 is 18.9 Å². The van der Waals surface area contributed by atoms with Crippen molar-refractivity contribution in [2.45, 2.75) is 84.0 Å². The molecule has 0 aliphatic rings. The molecule has 0 unspecified atom stereocenters. The molecule has 0 atom stereocenters. The van der Waals surface area contributed by atoms with Crippen molar-refractivity contribution in [1.29, 1.82) is 0 Å². The van der Waals surface area contributed by atoms with Crippen LogP contribution in [0.3, 0.4) is 0 Å². The zero-order chi connectivity index (χ0) is 17.2. The molecule has 0 aliphatic carbocycles. The van der Waals surface area contributed by atoms with E-state index in [1.54, 1.807) is 0 Å². The number of rotatable bonds is 16. The Morgan fingerprint density at radius 2 is 1.29 bits per heavy atom. The summed E-state index contributed by atoms with van der Waals surface area (Å²) in [5, 5.41) is 0. The van der Waals surface area contributed by atoms with Gasteiger partial charge in [0.05, 0.1) is 14.4 Å². The van der Waals surface area contributed by atoms with Crippen molar-refractivity contribution in [2.75, 3.05) is 6.61 Å². The molecule has 0 N–H and O–H groups in total. The molecular weight excluding hydrogens is 335 g/mol. The summed E-state index contributed by atoms with van der Waals surface area (Å²) in [5.74, 6) is 0. The normalized spacial score (nSPS) is 12.1. The summed E-state index contributed by atoms with van der Waals surface area (Å²) in [6, 6.07) is 0. The van der Waals surface area contributed by atoms with Gasteiger partial charge in [0.1, 0.15) is 0 Å². The Kier molecular flexibility index (Phi) is 21.8. The van der Waals surface area contributed by atoms with Gasteiger partial charge in [0, 0.05) is 0 Å². The van der Waals surface area contributed by atoms with Crippen LogP contribution in [0.1, 0.15) is 84.0 Å². The predicted octanol–water partition coefficient (Wildman–Crippen LogP) is 4.26. The minimum Gasteiger partial charge on any atom is -0.790 e. The first-order chi connectivity index (χ1) is 11.1. The van der Waals surface area contributed by atoms with E-state index in [4.69, 9.17) is 0 Å². The zero-order valence-electron chi connectivity index (χ0n) is 15.3. The van der Waals surface area contributed by atoms with Crippen LogP contribution in [0, 0.1) is 0 Å². The average molecular weight is 369 g/mol. The summed E-state index contributed by atoms with van der Waals surface area (Å²) in [6.07, 6.45) is 22.5. The number of unbranched alkanes of at least 4 members (excludes halogenated alkanes) is 9. The zero-order valence-corrected chi connectivity index (χ0v) is 17.6. The van der Waals surface area contributed by atoms with Crippen LogP contribution < -0.4 is 9.79 Å². The van der Waals surface area contributed by atoms with Crippen LogP contribution in [0.15, 0.2) is 24.3 Å². The Balaban J connectivity index is 0. The molecule has 0 aromatic heterocycles. The van der Waals surface area contributed by atoms with E-state index in [9.17, 15) is 14.4 Å². The van der Waals surface area contributed by atoms with Gasteiger partial charge in [-0.15, -0.1) is 0 Å². The van der Waals surface area contributed by atoms with E-state index >= 15 is 0 Å². The van der Waals surface area contributed by atoms with Crippen molar-refractivity contribution in [3.8, 4) is 0 Å². The molecule has 0 heterocycles. The largest absolute Gasteiger partial charge is 2.00 e. The van der Waals surface area contributed by atoms with Crippen molar-refractivity contribution in [3.63, 3.8) is 0 Å². The van der Waals surface area contributed by atoms with E-state index in [-0.39, 0.29) is 29.7 Å². The van der Waals surface area contributed by atoms with Gasteiger partial charge in [-0.05, 0) is 38.5 Å². The van der Waals surface area contributed by atoms with E-state index in [1.165, 1.54) is 38.5 Å². The number of hydrogen-bond donors (Lipinski definition) is 0. The van der Waals surface area contributed by atoms with Gasteiger partial charge in [0.2, 0.25) is 0 Å². The third-order valence-electron chi connectivity index (χ3n) is 3.59. The maximum Gasteiger partial charge on any atom is 2.00 e. The van der Waals surface area contributed by atoms with Gasteiger partial charge in [0.25, 0.3) is 0 Å². The minimum atomic E-state index is -4.77. The van der Waals surface area contributed by atoms with Gasteiger partial charge < -0.3 is 18.9 Å². The van der Waals surface area contributed by atoms with Crippen molar-refractivity contribution in [3.05, 3.63) is 24.3 Å². The molecule has 24 heavy (non-hydrogen) atoms. The summed E-state index contributed by atoms with van der Waals surface area (Å²) in [6.45, 7) is 2.25. The number of phosphoric ester groups is 1. The van der Waals surface area contributed by atoms with Crippen molar-refractivity contribution >= 4 is 30.9 Å². The van der Waals surface area contributed by atoms with Gasteiger partial charge in [-0.1, -0.05) is 69.8 Å². The molecule has 0 spiro atoms. The van der Waals surface area contributed by atoms with Crippen LogP contribution in [0.25, 0.3) is 0 Å². The summed E-state index contributed by atoms with van der Waals surface area (Å²) < 4.78 is 14.4. The van der Waals surface area contributed by atoms with Crippen LogP contribution >= 0.6 is 7.82 Å². The number of hydrogen-bond acceptors (Lipinski definition) is 4. The molecule has 0 aromatic rings. The van der Waals surface area contributed by atoms with E-state index in [0.29, 0.717) is 6.42 Å². The first-order valence-corrected chi connectivity index (χ1v) is 10.5. The molecule has 0 rings (SSSR count). The molecule has 0 saturated heterocycles. The standard InChI is InChI=1S/C18H35O4P.Mg/c1-2-3-4-5-6-7-8-9-10-11-12-13-14-15-16-17-18-22-23(19,20)21;/h6-7,9-10H,2-5,8,11-18H2,1H3,(H2,19,20,21);/q;+2/p-2/b7-6-,10-9-;. The van der Waals surface area contributed by atoms with E-state index in [0.717, 1.165) is 32.1 Å². The maximum atomic E-state index is 10.2. The summed E-state index contributed by atoms with van der Waals surface area (Å²) in [5.41, 5.74) is 0. The SMILES string of the molecule is CCCCC/C=C\C/C=C\CCCCCCCCOP(=O)([O-])[O-].[Mg+2]. The predicted molar refractivity (Wildman–Crippen MR) is 98.7 cm³/mol. The van der Waals surface area contributed by atoms with Gasteiger partial charge in [-0.25, -0.2) is 0 Å². The van der Waals surface area contributed by atoms with Gasteiger partial charge in [-0.3, -0.25) is 0 Å². The Morgan fingerprint density at radius 3 is 1.83 bits per heavy atom. The van der Waals surface area contributed by atoms with E-state index in [1.807, 2.05) is 0 Å². The van der Waals surface area contributed by atoms with Gasteiger partial charge in [0.15, 0.2) is 0 Å². The average Bonchev–Trinajstić information content (AvgIpc) is 2.49. The van der Waals surface area contributed by atoms with Gasteiger partial charge >= 0.3 is 23.1 Å². The fourth-order valence-electron chi connectivity index (χ4n) is 2.27. The van der Waals surface area contributed by atoms with Crippen LogP contribution in [0.5, 0.6) is 0 Å². The third kappa shape index (κ3) is 24.6. The topological polar surface area (TPSA) is 72.4 Å². The first-order valence-electron chi connectivity index (χ1n) is 9.03. The summed E-state index contributed by atoms with van der Waals surface area (Å²) in [4.78, 5) is 20.5. The molecule has 0 amide bonds. The molecule has 136 valence electrons. The molecule has 0 radical (unpaired) electrons. The third-order valence-corrected chi connectivity index (χ3v) is 4.09. The smallest absolute Gasteiger partial charge is 0.790 e. The maximum absolute atomic E-state index is 10.2. The van der Waals surface area contributed by atoms with Crippen LogP contribution in [-0.2, 0) is 9.09 Å². The molecule has 6 heteroatoms. The Labute approximate surface area is 164 Å². The fourth-order valence-corrected chi connectivity index (χ4v) is 2.62. The molecule has 0 aromatic carbocycles. The van der Waals surface area contributed by atoms with Crippen LogP contribution in [-0.4, -0.2) is 29.7 Å². The van der Waals surface area contributed by atoms with Crippen LogP contribution in [0.4, 0.5) is 0 Å². The molecule has 4 nitrogen and oxygen atoms in total. The molecule has 0 bridgehead atoms. The van der Waals surface area contributed by atoms with E-state index < -0.39 is 7.82 Å². The fraction of sp³-hybridized carbons (Fsp3) is 0.778. The van der Waals surface area contributed by atoms with Crippen molar-refractivity contribution in [2.24, 2.45) is 0 Å². The first kappa shape index (κ1) is 26.6. The summed E-state index contributed by atoms with van der Waals surface area (Å²) >= 11 is 0. The van der Waals surface area contributed by atoms with Crippen molar-refractivity contribution in [1.82, 2.24) is 0 Å². The van der Waals surface area contributed by atoms with Crippen LogP contribution in [0.2, 0.25) is 0 Å². The molecule has 0 saturated carbocycles.